The van der Waals surface area contributed by atoms with Crippen molar-refractivity contribution in [1.82, 2.24) is 5.48 Å². The lowest BCUT2D eigenvalue weighted by atomic mass is 10.2. The lowest BCUT2D eigenvalue weighted by Crippen LogP contribution is -2.45. The van der Waals surface area contributed by atoms with Gasteiger partial charge in [-0.1, -0.05) is 12.1 Å². The molecule has 0 aliphatic carbocycles. The molecule has 4 N–H and O–H groups in total. The van der Waals surface area contributed by atoms with Crippen LogP contribution in [-0.2, 0) is 9.84 Å². The van der Waals surface area contributed by atoms with Crippen molar-refractivity contribution in [2.24, 2.45) is 0 Å². The van der Waals surface area contributed by atoms with Gasteiger partial charge in [0.05, 0.1) is 24.5 Å². The van der Waals surface area contributed by atoms with Crippen LogP contribution in [0.2, 0.25) is 0 Å². The Morgan fingerprint density at radius 2 is 1.62 bits per heavy atom. The molecule has 0 heterocycles. The van der Waals surface area contributed by atoms with Crippen molar-refractivity contribution in [3.05, 3.63) is 48.5 Å². The summed E-state index contributed by atoms with van der Waals surface area (Å²) in [6.07, 6.45) is -6.39. The van der Waals surface area contributed by atoms with Crippen molar-refractivity contribution in [2.45, 2.75) is 23.4 Å². The summed E-state index contributed by atoms with van der Waals surface area (Å²) in [7, 11) is -4.10. The summed E-state index contributed by atoms with van der Waals surface area (Å²) in [6.45, 7) is -0.780. The standard InChI is InChI=1S/C17H18F3NO7S/c18-17(19,20)28-12-7-5-11(6-8-12)27-15-3-1-2-4-16(15)29(25,26)10-13(21-24)14(23)9-22/h1-8,13-14,21-24H,9-10H2. The van der Waals surface area contributed by atoms with Gasteiger partial charge in [0.1, 0.15) is 22.1 Å². The lowest BCUT2D eigenvalue weighted by molar-refractivity contribution is -0.274. The first-order chi connectivity index (χ1) is 13.6. The van der Waals surface area contributed by atoms with E-state index in [0.29, 0.717) is 0 Å². The van der Waals surface area contributed by atoms with Gasteiger partial charge in [0.15, 0.2) is 9.84 Å². The Labute approximate surface area is 164 Å². The lowest BCUT2D eigenvalue weighted by Gasteiger charge is -2.20. The Kier molecular flexibility index (Phi) is 7.43. The van der Waals surface area contributed by atoms with Gasteiger partial charge in [0, 0.05) is 0 Å². The highest BCUT2D eigenvalue weighted by atomic mass is 32.2. The molecule has 160 valence electrons. The molecule has 0 fully saturated rings. The molecular formula is C17H18F3NO7S. The highest BCUT2D eigenvalue weighted by Crippen LogP contribution is 2.31. The van der Waals surface area contributed by atoms with Crippen LogP contribution in [0.25, 0.3) is 0 Å². The molecule has 0 bridgehead atoms. The van der Waals surface area contributed by atoms with Crippen molar-refractivity contribution in [2.75, 3.05) is 12.4 Å². The molecule has 0 aliphatic rings. The van der Waals surface area contributed by atoms with Gasteiger partial charge in [-0.3, -0.25) is 0 Å². The second-order valence-electron chi connectivity index (χ2n) is 5.83. The zero-order valence-electron chi connectivity index (χ0n) is 14.7. The average molecular weight is 437 g/mol. The molecule has 29 heavy (non-hydrogen) atoms. The van der Waals surface area contributed by atoms with Crippen LogP contribution in [0.15, 0.2) is 53.4 Å². The van der Waals surface area contributed by atoms with Gasteiger partial charge in [-0.25, -0.2) is 8.42 Å². The van der Waals surface area contributed by atoms with E-state index in [-0.39, 0.29) is 16.4 Å². The fraction of sp³-hybridized carbons (Fsp3) is 0.294. The van der Waals surface area contributed by atoms with E-state index in [9.17, 15) is 26.7 Å². The van der Waals surface area contributed by atoms with Gasteiger partial charge in [-0.2, -0.15) is 5.48 Å². The minimum atomic E-state index is -4.85. The first-order valence-electron chi connectivity index (χ1n) is 8.09. The number of hydrogen-bond donors (Lipinski definition) is 4. The molecule has 2 rings (SSSR count). The van der Waals surface area contributed by atoms with Crippen LogP contribution < -0.4 is 15.0 Å². The van der Waals surface area contributed by atoms with E-state index in [1.807, 2.05) is 0 Å². The number of aliphatic hydroxyl groups is 2. The number of aliphatic hydroxyl groups excluding tert-OH is 2. The second-order valence-corrected chi connectivity index (χ2v) is 7.84. The number of benzene rings is 2. The summed E-state index contributed by atoms with van der Waals surface area (Å²) >= 11 is 0. The predicted octanol–water partition coefficient (Wildman–Crippen LogP) is 1.85. The summed E-state index contributed by atoms with van der Waals surface area (Å²) in [5.74, 6) is -1.30. The maximum absolute atomic E-state index is 12.7. The van der Waals surface area contributed by atoms with Gasteiger partial charge >= 0.3 is 6.36 Å². The highest BCUT2D eigenvalue weighted by Gasteiger charge is 2.31. The normalized spacial score (nSPS) is 14.3. The summed E-state index contributed by atoms with van der Waals surface area (Å²) in [5, 5.41) is 27.6. The molecule has 2 atom stereocenters. The van der Waals surface area contributed by atoms with Crippen molar-refractivity contribution in [3.63, 3.8) is 0 Å². The van der Waals surface area contributed by atoms with Crippen molar-refractivity contribution < 1.29 is 46.5 Å². The molecule has 2 aromatic carbocycles. The van der Waals surface area contributed by atoms with Crippen LogP contribution in [0, 0.1) is 0 Å². The number of hydrogen-bond acceptors (Lipinski definition) is 8. The molecule has 0 saturated heterocycles. The second kappa shape index (κ2) is 9.41. The largest absolute Gasteiger partial charge is 0.573 e. The van der Waals surface area contributed by atoms with Crippen molar-refractivity contribution >= 4 is 9.84 Å². The molecule has 0 saturated carbocycles. The highest BCUT2D eigenvalue weighted by molar-refractivity contribution is 7.91. The van der Waals surface area contributed by atoms with E-state index in [1.54, 1.807) is 5.48 Å². The molecule has 2 unspecified atom stereocenters. The number of para-hydroxylation sites is 1. The minimum Gasteiger partial charge on any atom is -0.456 e. The quantitative estimate of drug-likeness (QED) is 0.438. The van der Waals surface area contributed by atoms with Crippen LogP contribution in [-0.4, -0.2) is 54.7 Å². The third-order valence-electron chi connectivity index (χ3n) is 3.69. The first kappa shape index (κ1) is 22.9. The topological polar surface area (TPSA) is 125 Å². The number of ether oxygens (including phenoxy) is 2. The Morgan fingerprint density at radius 3 is 2.17 bits per heavy atom. The van der Waals surface area contributed by atoms with Crippen LogP contribution in [0.4, 0.5) is 13.2 Å². The van der Waals surface area contributed by atoms with E-state index in [1.165, 1.54) is 24.3 Å². The van der Waals surface area contributed by atoms with Crippen LogP contribution in [0.3, 0.4) is 0 Å². The SMILES string of the molecule is O=S(=O)(CC(NO)C(O)CO)c1ccccc1Oc1ccc(OC(F)(F)F)cc1. The fourth-order valence-electron chi connectivity index (χ4n) is 2.32. The van der Waals surface area contributed by atoms with Gasteiger partial charge < -0.3 is 24.9 Å². The number of halogens is 3. The van der Waals surface area contributed by atoms with Gasteiger partial charge in [0.25, 0.3) is 0 Å². The molecular weight excluding hydrogens is 419 g/mol. The van der Waals surface area contributed by atoms with Crippen molar-refractivity contribution in [3.8, 4) is 17.2 Å². The number of rotatable bonds is 9. The Morgan fingerprint density at radius 1 is 1.03 bits per heavy atom. The van der Waals surface area contributed by atoms with Gasteiger partial charge in [-0.15, -0.1) is 13.2 Å². The minimum absolute atomic E-state index is 0.0504. The number of nitrogens with one attached hydrogen (secondary N) is 1. The zero-order chi connectivity index (χ0) is 21.7. The monoisotopic (exact) mass is 437 g/mol. The molecule has 0 spiro atoms. The Bertz CT molecular complexity index is 904. The predicted molar refractivity (Wildman–Crippen MR) is 93.5 cm³/mol. The number of sulfone groups is 1. The van der Waals surface area contributed by atoms with E-state index in [4.69, 9.17) is 15.1 Å². The third kappa shape index (κ3) is 6.58. The summed E-state index contributed by atoms with van der Waals surface area (Å²) in [6, 6.07) is 8.44. The molecule has 0 radical (unpaired) electrons. The smallest absolute Gasteiger partial charge is 0.456 e. The third-order valence-corrected chi connectivity index (χ3v) is 5.49. The van der Waals surface area contributed by atoms with Crippen molar-refractivity contribution in [1.29, 1.82) is 0 Å². The molecule has 0 aliphatic heterocycles. The molecule has 0 aromatic heterocycles. The van der Waals surface area contributed by atoms with Crippen LogP contribution in [0.1, 0.15) is 0 Å². The molecule has 12 heteroatoms. The maximum atomic E-state index is 12.7. The molecule has 2 aromatic rings. The summed E-state index contributed by atoms with van der Waals surface area (Å²) in [4.78, 5) is -0.277. The van der Waals surface area contributed by atoms with E-state index in [0.717, 1.165) is 24.3 Å². The van der Waals surface area contributed by atoms with Gasteiger partial charge in [-0.05, 0) is 36.4 Å². The molecule has 8 nitrogen and oxygen atoms in total. The van der Waals surface area contributed by atoms with E-state index >= 15 is 0 Å². The first-order valence-corrected chi connectivity index (χ1v) is 9.75. The number of alkyl halides is 3. The van der Waals surface area contributed by atoms with Gasteiger partial charge in [0.2, 0.25) is 0 Å². The van der Waals surface area contributed by atoms with Crippen LogP contribution in [0.5, 0.6) is 17.2 Å². The average Bonchev–Trinajstić information content (AvgIpc) is 2.66. The number of hydroxylamine groups is 1. The maximum Gasteiger partial charge on any atom is 0.573 e. The Balaban J connectivity index is 2.24. The zero-order valence-corrected chi connectivity index (χ0v) is 15.5. The molecule has 0 amide bonds. The fourth-order valence-corrected chi connectivity index (χ4v) is 3.97. The van der Waals surface area contributed by atoms with Crippen LogP contribution >= 0.6 is 0 Å². The van der Waals surface area contributed by atoms with E-state index in [2.05, 4.69) is 4.74 Å². The van der Waals surface area contributed by atoms with E-state index < -0.39 is 46.5 Å². The Hall–Kier alpha value is -2.38. The summed E-state index contributed by atoms with van der Waals surface area (Å²) in [5.41, 5.74) is 1.64. The summed E-state index contributed by atoms with van der Waals surface area (Å²) < 4.78 is 71.2.